The summed E-state index contributed by atoms with van der Waals surface area (Å²) in [7, 11) is 2.18. The maximum absolute atomic E-state index is 5.44. The molecule has 2 nitrogen and oxygen atoms in total. The Kier molecular flexibility index (Phi) is 7.51. The predicted molar refractivity (Wildman–Crippen MR) is 55.2 cm³/mol. The van der Waals surface area contributed by atoms with E-state index in [2.05, 4.69) is 25.8 Å². The molecule has 0 aliphatic heterocycles. The van der Waals surface area contributed by atoms with Crippen LogP contribution in [0.3, 0.4) is 0 Å². The minimum absolute atomic E-state index is 0.812. The Balaban J connectivity index is 3.33. The Labute approximate surface area is 77.1 Å². The van der Waals surface area contributed by atoms with E-state index in [4.69, 9.17) is 5.73 Å². The summed E-state index contributed by atoms with van der Waals surface area (Å²) >= 11 is 0. The molecule has 0 radical (unpaired) electrons. The molecule has 0 aromatic carbocycles. The molecule has 0 fully saturated rings. The molecule has 12 heavy (non-hydrogen) atoms. The molecule has 0 heterocycles. The summed E-state index contributed by atoms with van der Waals surface area (Å²) in [6.07, 6.45) is 3.76. The van der Waals surface area contributed by atoms with Crippen molar-refractivity contribution in [2.45, 2.75) is 33.1 Å². The minimum Gasteiger partial charge on any atom is -0.330 e. The molecule has 0 bridgehead atoms. The molecule has 0 spiro atoms. The van der Waals surface area contributed by atoms with Gasteiger partial charge in [-0.2, -0.15) is 0 Å². The molecule has 0 amide bonds. The van der Waals surface area contributed by atoms with Gasteiger partial charge in [-0.25, -0.2) is 0 Å². The van der Waals surface area contributed by atoms with Crippen LogP contribution in [0.1, 0.15) is 33.1 Å². The molecule has 0 aromatic heterocycles. The molecule has 2 N–H and O–H groups in total. The number of hydrogen-bond acceptors (Lipinski definition) is 2. The third-order valence-corrected chi connectivity index (χ3v) is 2.15. The standard InChI is InChI=1S/C10H24N2/c1-4-6-10(2)9-12(3)8-5-7-11/h10H,4-9,11H2,1-3H3. The summed E-state index contributed by atoms with van der Waals surface area (Å²) in [5.74, 6) is 0.831. The van der Waals surface area contributed by atoms with Gasteiger partial charge in [-0.15, -0.1) is 0 Å². The lowest BCUT2D eigenvalue weighted by Crippen LogP contribution is -2.26. The zero-order chi connectivity index (χ0) is 9.40. The first kappa shape index (κ1) is 11.9. The van der Waals surface area contributed by atoms with Crippen molar-refractivity contribution in [2.75, 3.05) is 26.7 Å². The lowest BCUT2D eigenvalue weighted by molar-refractivity contribution is 0.276. The first-order chi connectivity index (χ1) is 5.70. The lowest BCUT2D eigenvalue weighted by Gasteiger charge is -2.20. The second kappa shape index (κ2) is 7.56. The van der Waals surface area contributed by atoms with Crippen LogP contribution in [0, 0.1) is 5.92 Å². The molecule has 0 saturated carbocycles. The van der Waals surface area contributed by atoms with Crippen molar-refractivity contribution in [1.82, 2.24) is 4.90 Å². The summed E-state index contributed by atoms with van der Waals surface area (Å²) in [4.78, 5) is 2.38. The Morgan fingerprint density at radius 2 is 2.08 bits per heavy atom. The summed E-state index contributed by atoms with van der Waals surface area (Å²) in [6.45, 7) is 7.74. The number of nitrogens with two attached hydrogens (primary N) is 1. The molecular weight excluding hydrogens is 148 g/mol. The van der Waals surface area contributed by atoms with E-state index in [1.165, 1.54) is 19.4 Å². The number of hydrogen-bond donors (Lipinski definition) is 1. The predicted octanol–water partition coefficient (Wildman–Crippen LogP) is 1.70. The van der Waals surface area contributed by atoms with Crippen molar-refractivity contribution < 1.29 is 0 Å². The fraction of sp³-hybridized carbons (Fsp3) is 1.00. The zero-order valence-corrected chi connectivity index (χ0v) is 8.84. The number of nitrogens with zero attached hydrogens (tertiary/aromatic N) is 1. The van der Waals surface area contributed by atoms with Crippen molar-refractivity contribution >= 4 is 0 Å². The van der Waals surface area contributed by atoms with E-state index >= 15 is 0 Å². The molecule has 1 atom stereocenters. The van der Waals surface area contributed by atoms with Gasteiger partial charge in [0.2, 0.25) is 0 Å². The Hall–Kier alpha value is -0.0800. The highest BCUT2D eigenvalue weighted by Crippen LogP contribution is 2.06. The van der Waals surface area contributed by atoms with Crippen LogP contribution in [0.15, 0.2) is 0 Å². The second-order valence-corrected chi connectivity index (χ2v) is 3.80. The van der Waals surface area contributed by atoms with E-state index in [1.807, 2.05) is 0 Å². The largest absolute Gasteiger partial charge is 0.330 e. The maximum Gasteiger partial charge on any atom is 0.000397 e. The first-order valence-electron chi connectivity index (χ1n) is 5.09. The van der Waals surface area contributed by atoms with Crippen molar-refractivity contribution in [3.63, 3.8) is 0 Å². The number of rotatable bonds is 7. The summed E-state index contributed by atoms with van der Waals surface area (Å²) < 4.78 is 0. The zero-order valence-electron chi connectivity index (χ0n) is 8.84. The van der Waals surface area contributed by atoms with Crippen molar-refractivity contribution in [3.8, 4) is 0 Å². The molecule has 0 aliphatic carbocycles. The summed E-state index contributed by atoms with van der Waals surface area (Å²) in [5, 5.41) is 0. The normalized spacial score (nSPS) is 13.8. The highest BCUT2D eigenvalue weighted by Gasteiger charge is 2.04. The highest BCUT2D eigenvalue weighted by atomic mass is 15.1. The molecule has 0 rings (SSSR count). The van der Waals surface area contributed by atoms with E-state index in [0.717, 1.165) is 25.4 Å². The van der Waals surface area contributed by atoms with Crippen molar-refractivity contribution in [3.05, 3.63) is 0 Å². The Bertz CT molecular complexity index is 93.8. The third kappa shape index (κ3) is 6.62. The minimum atomic E-state index is 0.812. The highest BCUT2D eigenvalue weighted by molar-refractivity contribution is 4.58. The van der Waals surface area contributed by atoms with E-state index in [-0.39, 0.29) is 0 Å². The van der Waals surface area contributed by atoms with E-state index < -0.39 is 0 Å². The van der Waals surface area contributed by atoms with Gasteiger partial charge < -0.3 is 10.6 Å². The average Bonchev–Trinajstić information content (AvgIpc) is 2.01. The SMILES string of the molecule is CCCC(C)CN(C)CCCN. The monoisotopic (exact) mass is 172 g/mol. The average molecular weight is 172 g/mol. The van der Waals surface area contributed by atoms with Gasteiger partial charge in [-0.1, -0.05) is 20.3 Å². The summed E-state index contributed by atoms with van der Waals surface area (Å²) in [6, 6.07) is 0. The van der Waals surface area contributed by atoms with Crippen LogP contribution in [-0.2, 0) is 0 Å². The van der Waals surface area contributed by atoms with Gasteiger partial charge >= 0.3 is 0 Å². The quantitative estimate of drug-likeness (QED) is 0.633. The van der Waals surface area contributed by atoms with Crippen LogP contribution in [0.5, 0.6) is 0 Å². The van der Waals surface area contributed by atoms with Crippen LogP contribution in [-0.4, -0.2) is 31.6 Å². The van der Waals surface area contributed by atoms with Crippen LogP contribution in [0.25, 0.3) is 0 Å². The third-order valence-electron chi connectivity index (χ3n) is 2.15. The van der Waals surface area contributed by atoms with E-state index in [9.17, 15) is 0 Å². The Morgan fingerprint density at radius 3 is 2.58 bits per heavy atom. The Morgan fingerprint density at radius 1 is 1.42 bits per heavy atom. The molecule has 0 aromatic rings. The van der Waals surface area contributed by atoms with Gasteiger partial charge in [-0.05, 0) is 38.9 Å². The van der Waals surface area contributed by atoms with E-state index in [0.29, 0.717) is 0 Å². The van der Waals surface area contributed by atoms with Gasteiger partial charge in [0.1, 0.15) is 0 Å². The van der Waals surface area contributed by atoms with Crippen molar-refractivity contribution in [2.24, 2.45) is 11.7 Å². The van der Waals surface area contributed by atoms with Gasteiger partial charge in [0.05, 0.1) is 0 Å². The molecule has 2 heteroatoms. The van der Waals surface area contributed by atoms with Crippen LogP contribution in [0.4, 0.5) is 0 Å². The van der Waals surface area contributed by atoms with Gasteiger partial charge in [-0.3, -0.25) is 0 Å². The van der Waals surface area contributed by atoms with Crippen LogP contribution >= 0.6 is 0 Å². The van der Waals surface area contributed by atoms with Gasteiger partial charge in [0, 0.05) is 6.54 Å². The lowest BCUT2D eigenvalue weighted by atomic mass is 10.1. The smallest absolute Gasteiger partial charge is 0.000397 e. The molecular formula is C10H24N2. The summed E-state index contributed by atoms with van der Waals surface area (Å²) in [5.41, 5.74) is 5.44. The van der Waals surface area contributed by atoms with Crippen LogP contribution in [0.2, 0.25) is 0 Å². The molecule has 74 valence electrons. The van der Waals surface area contributed by atoms with Crippen molar-refractivity contribution in [1.29, 1.82) is 0 Å². The van der Waals surface area contributed by atoms with E-state index in [1.54, 1.807) is 0 Å². The fourth-order valence-electron chi connectivity index (χ4n) is 1.57. The second-order valence-electron chi connectivity index (χ2n) is 3.80. The van der Waals surface area contributed by atoms with Gasteiger partial charge in [0.15, 0.2) is 0 Å². The van der Waals surface area contributed by atoms with Crippen LogP contribution < -0.4 is 5.73 Å². The maximum atomic E-state index is 5.44. The first-order valence-corrected chi connectivity index (χ1v) is 5.09. The molecule has 1 unspecified atom stereocenters. The molecule has 0 saturated heterocycles. The topological polar surface area (TPSA) is 29.3 Å². The fourth-order valence-corrected chi connectivity index (χ4v) is 1.57. The van der Waals surface area contributed by atoms with Gasteiger partial charge in [0.25, 0.3) is 0 Å². The molecule has 0 aliphatic rings.